The van der Waals surface area contributed by atoms with Crippen LogP contribution in [0.15, 0.2) is 48.5 Å². The molecule has 0 spiro atoms. The number of nitrogens with one attached hydrogen (secondary N) is 2. The minimum atomic E-state index is -4.37. The third kappa shape index (κ3) is 5.19. The number of ether oxygens (including phenoxy) is 1. The quantitative estimate of drug-likeness (QED) is 0.832. The van der Waals surface area contributed by atoms with Crippen LogP contribution < -0.4 is 15.4 Å². The third-order valence-corrected chi connectivity index (χ3v) is 3.11. The van der Waals surface area contributed by atoms with Crippen LogP contribution in [0.5, 0.6) is 5.75 Å². The fourth-order valence-corrected chi connectivity index (χ4v) is 1.97. The maximum absolute atomic E-state index is 12.5. The molecule has 2 aromatic rings. The van der Waals surface area contributed by atoms with Gasteiger partial charge in [0.05, 0.1) is 18.7 Å². The zero-order valence-electron chi connectivity index (χ0n) is 13.0. The van der Waals surface area contributed by atoms with E-state index in [2.05, 4.69) is 10.6 Å². The van der Waals surface area contributed by atoms with E-state index in [1.54, 1.807) is 24.3 Å². The molecule has 0 aliphatic heterocycles. The van der Waals surface area contributed by atoms with E-state index in [4.69, 9.17) is 4.74 Å². The third-order valence-electron chi connectivity index (χ3n) is 3.11. The molecule has 2 aromatic carbocycles. The van der Waals surface area contributed by atoms with Crippen molar-refractivity contribution in [1.82, 2.24) is 0 Å². The molecule has 0 aliphatic rings. The molecular formula is C17H17F3N2O2. The van der Waals surface area contributed by atoms with Crippen LogP contribution in [0.25, 0.3) is 0 Å². The summed E-state index contributed by atoms with van der Waals surface area (Å²) in [6, 6.07) is 11.4. The molecule has 1 amide bonds. The van der Waals surface area contributed by atoms with Crippen LogP contribution in [-0.4, -0.2) is 19.1 Å². The van der Waals surface area contributed by atoms with E-state index in [1.807, 2.05) is 6.92 Å². The minimum Gasteiger partial charge on any atom is -0.494 e. The molecule has 4 nitrogen and oxygen atoms in total. The molecule has 0 bridgehead atoms. The van der Waals surface area contributed by atoms with E-state index in [0.717, 1.165) is 12.1 Å². The molecule has 0 unspecified atom stereocenters. The number of benzene rings is 2. The highest BCUT2D eigenvalue weighted by molar-refractivity contribution is 5.93. The van der Waals surface area contributed by atoms with Crippen LogP contribution in [0.3, 0.4) is 0 Å². The Balaban J connectivity index is 1.84. The monoisotopic (exact) mass is 338 g/mol. The standard InChI is InChI=1S/C17H17F3N2O2/c1-2-24-15-9-7-14(8-10-15)22-16(23)11-21-13-5-3-12(4-6-13)17(18,19)20/h3-10,21H,2,11H2,1H3,(H,22,23). The number of carbonyl (C=O) groups is 1. The van der Waals surface area contributed by atoms with Gasteiger partial charge in [-0.05, 0) is 55.5 Å². The normalized spacial score (nSPS) is 11.0. The lowest BCUT2D eigenvalue weighted by Crippen LogP contribution is -2.21. The van der Waals surface area contributed by atoms with Crippen molar-refractivity contribution in [3.05, 3.63) is 54.1 Å². The smallest absolute Gasteiger partial charge is 0.416 e. The molecule has 0 radical (unpaired) electrons. The summed E-state index contributed by atoms with van der Waals surface area (Å²) in [5.74, 6) is 0.400. The molecule has 128 valence electrons. The first-order valence-electron chi connectivity index (χ1n) is 7.32. The van der Waals surface area contributed by atoms with Gasteiger partial charge in [-0.25, -0.2) is 0 Å². The van der Waals surface area contributed by atoms with Crippen molar-refractivity contribution in [1.29, 1.82) is 0 Å². The van der Waals surface area contributed by atoms with Crippen LogP contribution in [0, 0.1) is 0 Å². The van der Waals surface area contributed by atoms with Crippen LogP contribution in [-0.2, 0) is 11.0 Å². The Morgan fingerprint density at radius 1 is 1.00 bits per heavy atom. The molecule has 0 saturated heterocycles. The summed E-state index contributed by atoms with van der Waals surface area (Å²) in [5.41, 5.74) is 0.314. The summed E-state index contributed by atoms with van der Waals surface area (Å²) < 4.78 is 42.7. The molecule has 7 heteroatoms. The Labute approximate surface area is 137 Å². The van der Waals surface area contributed by atoms with Gasteiger partial charge in [-0.15, -0.1) is 0 Å². The maximum Gasteiger partial charge on any atom is 0.416 e. The second kappa shape index (κ2) is 7.72. The molecule has 0 aliphatic carbocycles. The molecular weight excluding hydrogens is 321 g/mol. The Kier molecular flexibility index (Phi) is 5.68. The number of rotatable bonds is 6. The summed E-state index contributed by atoms with van der Waals surface area (Å²) in [6.07, 6.45) is -4.37. The number of carbonyl (C=O) groups excluding carboxylic acids is 1. The first-order valence-corrected chi connectivity index (χ1v) is 7.32. The van der Waals surface area contributed by atoms with Gasteiger partial charge in [0.2, 0.25) is 5.91 Å². The highest BCUT2D eigenvalue weighted by Crippen LogP contribution is 2.29. The predicted molar refractivity (Wildman–Crippen MR) is 86.2 cm³/mol. The lowest BCUT2D eigenvalue weighted by Gasteiger charge is -2.10. The van der Waals surface area contributed by atoms with Gasteiger partial charge in [-0.3, -0.25) is 4.79 Å². The first-order chi connectivity index (χ1) is 11.4. The Bertz CT molecular complexity index is 668. The van der Waals surface area contributed by atoms with Gasteiger partial charge in [0.1, 0.15) is 5.75 Å². The van der Waals surface area contributed by atoms with Gasteiger partial charge < -0.3 is 15.4 Å². The fraction of sp³-hybridized carbons (Fsp3) is 0.235. The van der Waals surface area contributed by atoms with Gasteiger partial charge >= 0.3 is 6.18 Å². The van der Waals surface area contributed by atoms with Crippen LogP contribution in [0.1, 0.15) is 12.5 Å². The van der Waals surface area contributed by atoms with E-state index in [9.17, 15) is 18.0 Å². The number of hydrogen-bond acceptors (Lipinski definition) is 3. The molecule has 2 rings (SSSR count). The molecule has 0 heterocycles. The fourth-order valence-electron chi connectivity index (χ4n) is 1.97. The number of alkyl halides is 3. The van der Waals surface area contributed by atoms with E-state index in [0.29, 0.717) is 23.7 Å². The highest BCUT2D eigenvalue weighted by Gasteiger charge is 2.29. The van der Waals surface area contributed by atoms with Gasteiger partial charge in [-0.1, -0.05) is 0 Å². The van der Waals surface area contributed by atoms with Gasteiger partial charge in [0.25, 0.3) is 0 Å². The predicted octanol–water partition coefficient (Wildman–Crippen LogP) is 4.15. The molecule has 2 N–H and O–H groups in total. The summed E-state index contributed by atoms with van der Waals surface area (Å²) in [7, 11) is 0. The molecule has 0 saturated carbocycles. The maximum atomic E-state index is 12.5. The van der Waals surface area contributed by atoms with E-state index in [-0.39, 0.29) is 12.5 Å². The van der Waals surface area contributed by atoms with Gasteiger partial charge in [0, 0.05) is 11.4 Å². The van der Waals surface area contributed by atoms with Gasteiger partial charge in [-0.2, -0.15) is 13.2 Å². The second-order valence-corrected chi connectivity index (χ2v) is 4.93. The zero-order chi connectivity index (χ0) is 17.6. The molecule has 24 heavy (non-hydrogen) atoms. The summed E-state index contributed by atoms with van der Waals surface area (Å²) in [6.45, 7) is 2.38. The van der Waals surface area contributed by atoms with E-state index < -0.39 is 11.7 Å². The van der Waals surface area contributed by atoms with Crippen LogP contribution >= 0.6 is 0 Å². The average Bonchev–Trinajstić information content (AvgIpc) is 2.55. The van der Waals surface area contributed by atoms with E-state index in [1.165, 1.54) is 12.1 Å². The minimum absolute atomic E-state index is 0.0570. The molecule has 0 atom stereocenters. The SMILES string of the molecule is CCOc1ccc(NC(=O)CNc2ccc(C(F)(F)F)cc2)cc1. The first kappa shape index (κ1) is 17.7. The van der Waals surface area contributed by atoms with Crippen LogP contribution in [0.4, 0.5) is 24.5 Å². The number of amides is 1. The zero-order valence-corrected chi connectivity index (χ0v) is 13.0. The summed E-state index contributed by atoms with van der Waals surface area (Å²) in [4.78, 5) is 11.8. The molecule has 0 fully saturated rings. The van der Waals surface area contributed by atoms with Crippen molar-refractivity contribution in [2.45, 2.75) is 13.1 Å². The van der Waals surface area contributed by atoms with Crippen molar-refractivity contribution in [2.24, 2.45) is 0 Å². The van der Waals surface area contributed by atoms with Crippen molar-refractivity contribution >= 4 is 17.3 Å². The Morgan fingerprint density at radius 2 is 1.58 bits per heavy atom. The number of hydrogen-bond donors (Lipinski definition) is 2. The van der Waals surface area contributed by atoms with Crippen molar-refractivity contribution in [3.8, 4) is 5.75 Å². The number of halogens is 3. The van der Waals surface area contributed by atoms with Crippen molar-refractivity contribution in [2.75, 3.05) is 23.8 Å². The van der Waals surface area contributed by atoms with E-state index >= 15 is 0 Å². The largest absolute Gasteiger partial charge is 0.494 e. The van der Waals surface area contributed by atoms with Crippen LogP contribution in [0.2, 0.25) is 0 Å². The Morgan fingerprint density at radius 3 is 2.12 bits per heavy atom. The Hall–Kier alpha value is -2.70. The van der Waals surface area contributed by atoms with Gasteiger partial charge in [0.15, 0.2) is 0 Å². The molecule has 0 aromatic heterocycles. The number of anilines is 2. The highest BCUT2D eigenvalue weighted by atomic mass is 19.4. The van der Waals surface area contributed by atoms with Crippen molar-refractivity contribution in [3.63, 3.8) is 0 Å². The lowest BCUT2D eigenvalue weighted by atomic mass is 10.2. The average molecular weight is 338 g/mol. The topological polar surface area (TPSA) is 50.4 Å². The summed E-state index contributed by atoms with van der Waals surface area (Å²) >= 11 is 0. The lowest BCUT2D eigenvalue weighted by molar-refractivity contribution is -0.137. The van der Waals surface area contributed by atoms with Crippen molar-refractivity contribution < 1.29 is 22.7 Å². The summed E-state index contributed by atoms with van der Waals surface area (Å²) in [5, 5.41) is 5.45. The second-order valence-electron chi connectivity index (χ2n) is 4.93.